The van der Waals surface area contributed by atoms with Crippen LogP contribution in [0.1, 0.15) is 19.8 Å². The van der Waals surface area contributed by atoms with Crippen molar-refractivity contribution >= 4 is 6.92 Å². The molecule has 0 radical (unpaired) electrons. The van der Waals surface area contributed by atoms with Gasteiger partial charge in [0.15, 0.2) is 0 Å². The molecule has 0 saturated carbocycles. The average molecular weight is 141 g/mol. The molecule has 0 spiro atoms. The molecule has 2 N–H and O–H groups in total. The highest BCUT2D eigenvalue weighted by molar-refractivity contribution is 6.52. The topological polar surface area (TPSA) is 32.3 Å². The summed E-state index contributed by atoms with van der Waals surface area (Å²) < 4.78 is 0. The second kappa shape index (κ2) is 3.99. The van der Waals surface area contributed by atoms with Crippen LogP contribution in [0.2, 0.25) is 12.1 Å². The summed E-state index contributed by atoms with van der Waals surface area (Å²) in [7, 11) is 0. The van der Waals surface area contributed by atoms with E-state index in [1.165, 1.54) is 12.8 Å². The predicted molar refractivity (Wildman–Crippen MR) is 44.3 cm³/mol. The predicted octanol–water partition coefficient (Wildman–Crippen LogP) is 0.744. The number of nitrogens with one attached hydrogen (secondary N) is 1. The molecule has 0 aromatic carbocycles. The molecule has 1 saturated heterocycles. The molecule has 0 aromatic rings. The molecule has 0 aromatic heterocycles. The molecule has 0 amide bonds. The molecule has 58 valence electrons. The van der Waals surface area contributed by atoms with Crippen LogP contribution >= 0.6 is 0 Å². The van der Waals surface area contributed by atoms with Gasteiger partial charge in [-0.1, -0.05) is 19.7 Å². The molecule has 1 unspecified atom stereocenters. The molecular formula is C7H16BNO. The van der Waals surface area contributed by atoms with Crippen LogP contribution in [0.3, 0.4) is 0 Å². The fraction of sp³-hybridized carbons (Fsp3) is 1.00. The van der Waals surface area contributed by atoms with Crippen molar-refractivity contribution in [2.24, 2.45) is 0 Å². The number of piperidine rings is 1. The standard InChI is InChI=1S/C7H16BNO/c1-2-8(10)7-4-3-5-9-6-7/h7,9-10H,2-6H2,1H3. The Morgan fingerprint density at radius 1 is 1.70 bits per heavy atom. The summed E-state index contributed by atoms with van der Waals surface area (Å²) in [6.45, 7) is 4.11. The van der Waals surface area contributed by atoms with E-state index < -0.39 is 0 Å². The van der Waals surface area contributed by atoms with Gasteiger partial charge in [0.1, 0.15) is 0 Å². The summed E-state index contributed by atoms with van der Waals surface area (Å²) in [5.74, 6) is 0.513. The van der Waals surface area contributed by atoms with Crippen molar-refractivity contribution in [1.82, 2.24) is 5.32 Å². The summed E-state index contributed by atoms with van der Waals surface area (Å²) in [5, 5.41) is 12.7. The molecule has 10 heavy (non-hydrogen) atoms. The van der Waals surface area contributed by atoms with E-state index in [0.717, 1.165) is 19.4 Å². The summed E-state index contributed by atoms with van der Waals surface area (Å²) >= 11 is 0. The lowest BCUT2D eigenvalue weighted by molar-refractivity contribution is 0.461. The van der Waals surface area contributed by atoms with Crippen molar-refractivity contribution in [3.63, 3.8) is 0 Å². The zero-order valence-corrected chi connectivity index (χ0v) is 6.64. The van der Waals surface area contributed by atoms with Gasteiger partial charge in [0.05, 0.1) is 0 Å². The first-order valence-electron chi connectivity index (χ1n) is 4.23. The van der Waals surface area contributed by atoms with Crippen LogP contribution < -0.4 is 5.32 Å². The maximum absolute atomic E-state index is 9.44. The molecule has 2 nitrogen and oxygen atoms in total. The van der Waals surface area contributed by atoms with E-state index in [4.69, 9.17) is 0 Å². The Labute approximate surface area is 63.1 Å². The zero-order chi connectivity index (χ0) is 7.40. The van der Waals surface area contributed by atoms with Gasteiger partial charge in [-0.25, -0.2) is 0 Å². The lowest BCUT2D eigenvalue weighted by atomic mass is 9.52. The van der Waals surface area contributed by atoms with E-state index in [9.17, 15) is 5.02 Å². The quantitative estimate of drug-likeness (QED) is 0.556. The van der Waals surface area contributed by atoms with Gasteiger partial charge in [-0.2, -0.15) is 0 Å². The third-order valence-corrected chi connectivity index (χ3v) is 2.30. The van der Waals surface area contributed by atoms with Crippen molar-refractivity contribution < 1.29 is 5.02 Å². The Hall–Kier alpha value is -0.0151. The van der Waals surface area contributed by atoms with E-state index in [-0.39, 0.29) is 6.92 Å². The highest BCUT2D eigenvalue weighted by atomic mass is 16.2. The molecule has 1 atom stereocenters. The van der Waals surface area contributed by atoms with Gasteiger partial charge in [-0.3, -0.25) is 0 Å². The summed E-state index contributed by atoms with van der Waals surface area (Å²) in [6, 6.07) is 0. The van der Waals surface area contributed by atoms with Crippen molar-refractivity contribution in [1.29, 1.82) is 0 Å². The van der Waals surface area contributed by atoms with Crippen LogP contribution in [0.25, 0.3) is 0 Å². The van der Waals surface area contributed by atoms with Crippen LogP contribution in [0.5, 0.6) is 0 Å². The summed E-state index contributed by atoms with van der Waals surface area (Å²) in [5.41, 5.74) is 0. The fourth-order valence-corrected chi connectivity index (χ4v) is 1.54. The van der Waals surface area contributed by atoms with Crippen molar-refractivity contribution in [2.75, 3.05) is 13.1 Å². The fourth-order valence-electron chi connectivity index (χ4n) is 1.54. The first-order chi connectivity index (χ1) is 4.84. The lowest BCUT2D eigenvalue weighted by Gasteiger charge is -2.24. The lowest BCUT2D eigenvalue weighted by Crippen LogP contribution is -2.34. The van der Waals surface area contributed by atoms with Gasteiger partial charge in [-0.15, -0.1) is 0 Å². The van der Waals surface area contributed by atoms with Crippen LogP contribution in [-0.2, 0) is 0 Å². The molecule has 1 aliphatic rings. The van der Waals surface area contributed by atoms with Crippen molar-refractivity contribution in [2.45, 2.75) is 31.9 Å². The molecule has 0 aliphatic carbocycles. The van der Waals surface area contributed by atoms with Crippen LogP contribution in [0.4, 0.5) is 0 Å². The Morgan fingerprint density at radius 3 is 3.00 bits per heavy atom. The van der Waals surface area contributed by atoms with Gasteiger partial charge >= 0.3 is 0 Å². The minimum absolute atomic E-state index is 0.0761. The minimum Gasteiger partial charge on any atom is -0.450 e. The van der Waals surface area contributed by atoms with Gasteiger partial charge in [-0.05, 0) is 25.3 Å². The highest BCUT2D eigenvalue weighted by Crippen LogP contribution is 2.19. The van der Waals surface area contributed by atoms with Gasteiger partial charge in [0, 0.05) is 0 Å². The van der Waals surface area contributed by atoms with E-state index in [0.29, 0.717) is 5.82 Å². The maximum atomic E-state index is 9.44. The molecule has 1 rings (SSSR count). The molecule has 1 heterocycles. The molecule has 0 bridgehead atoms. The van der Waals surface area contributed by atoms with E-state index in [2.05, 4.69) is 5.32 Å². The maximum Gasteiger partial charge on any atom is 0.293 e. The first kappa shape index (κ1) is 8.09. The number of rotatable bonds is 2. The Balaban J connectivity index is 2.24. The number of hydrogen-bond donors (Lipinski definition) is 2. The van der Waals surface area contributed by atoms with Gasteiger partial charge in [0.25, 0.3) is 6.92 Å². The summed E-state index contributed by atoms with van der Waals surface area (Å²) in [6.07, 6.45) is 3.32. The third kappa shape index (κ3) is 1.99. The number of hydrogen-bond acceptors (Lipinski definition) is 2. The molecule has 3 heteroatoms. The van der Waals surface area contributed by atoms with Crippen molar-refractivity contribution in [3.8, 4) is 0 Å². The Morgan fingerprint density at radius 2 is 2.50 bits per heavy atom. The summed E-state index contributed by atoms with van der Waals surface area (Å²) in [4.78, 5) is 0. The Bertz CT molecular complexity index is 93.6. The zero-order valence-electron chi connectivity index (χ0n) is 6.64. The second-order valence-corrected chi connectivity index (χ2v) is 3.08. The second-order valence-electron chi connectivity index (χ2n) is 3.08. The van der Waals surface area contributed by atoms with Crippen LogP contribution in [-0.4, -0.2) is 25.0 Å². The normalized spacial score (nSPS) is 26.4. The first-order valence-corrected chi connectivity index (χ1v) is 4.23. The van der Waals surface area contributed by atoms with Crippen molar-refractivity contribution in [3.05, 3.63) is 0 Å². The van der Waals surface area contributed by atoms with E-state index in [1.54, 1.807) is 0 Å². The van der Waals surface area contributed by atoms with Crippen LogP contribution in [0, 0.1) is 0 Å². The smallest absolute Gasteiger partial charge is 0.293 e. The van der Waals surface area contributed by atoms with E-state index in [1.807, 2.05) is 6.92 Å². The largest absolute Gasteiger partial charge is 0.450 e. The monoisotopic (exact) mass is 141 g/mol. The molecule has 1 fully saturated rings. The Kier molecular flexibility index (Phi) is 3.22. The third-order valence-electron chi connectivity index (χ3n) is 2.30. The SMILES string of the molecule is CCB(O)C1CCCNC1. The average Bonchev–Trinajstić information content (AvgIpc) is 2.05. The minimum atomic E-state index is -0.0761. The molecular weight excluding hydrogens is 125 g/mol. The highest BCUT2D eigenvalue weighted by Gasteiger charge is 2.23. The van der Waals surface area contributed by atoms with Gasteiger partial charge < -0.3 is 10.3 Å². The van der Waals surface area contributed by atoms with Crippen LogP contribution in [0.15, 0.2) is 0 Å². The van der Waals surface area contributed by atoms with Gasteiger partial charge in [0.2, 0.25) is 0 Å². The molecule has 1 aliphatic heterocycles. The van der Waals surface area contributed by atoms with E-state index >= 15 is 0 Å².